The van der Waals surface area contributed by atoms with Gasteiger partial charge in [-0.1, -0.05) is 12.1 Å². The van der Waals surface area contributed by atoms with Gasteiger partial charge in [0.25, 0.3) is 11.2 Å². The van der Waals surface area contributed by atoms with Gasteiger partial charge in [-0.15, -0.1) is 11.3 Å². The topological polar surface area (TPSA) is 116 Å². The van der Waals surface area contributed by atoms with E-state index in [1.807, 2.05) is 11.4 Å². The van der Waals surface area contributed by atoms with Gasteiger partial charge < -0.3 is 4.90 Å². The molecule has 11 heteroatoms. The van der Waals surface area contributed by atoms with Crippen LogP contribution in [-0.2, 0) is 24.3 Å². The zero-order valence-corrected chi connectivity index (χ0v) is 17.0. The molecule has 1 aliphatic heterocycles. The van der Waals surface area contributed by atoms with Crippen molar-refractivity contribution in [3.8, 4) is 5.69 Å². The van der Waals surface area contributed by atoms with Crippen LogP contribution >= 0.6 is 11.3 Å². The number of hydrogen-bond donors (Lipinski definition) is 0. The Morgan fingerprint density at radius 1 is 1.26 bits per heavy atom. The minimum absolute atomic E-state index is 0.127. The molecule has 156 valence electrons. The lowest BCUT2D eigenvalue weighted by Crippen LogP contribution is -2.39. The van der Waals surface area contributed by atoms with Gasteiger partial charge >= 0.3 is 0 Å². The van der Waals surface area contributed by atoms with Gasteiger partial charge in [-0.05, 0) is 29.5 Å². The van der Waals surface area contributed by atoms with Gasteiger partial charge in [0, 0.05) is 24.0 Å². The highest BCUT2D eigenvalue weighted by atomic mass is 32.1. The Labute approximate surface area is 179 Å². The lowest BCUT2D eigenvalue weighted by molar-refractivity contribution is -0.384. The van der Waals surface area contributed by atoms with Gasteiger partial charge in [-0.3, -0.25) is 24.3 Å². The number of carbonyl (C=O) groups excluding carboxylic acids is 1. The van der Waals surface area contributed by atoms with E-state index in [2.05, 4.69) is 10.1 Å². The molecule has 0 saturated heterocycles. The first-order valence-corrected chi connectivity index (χ1v) is 10.4. The fraction of sp³-hybridized carbons (Fsp3) is 0.200. The molecule has 10 nitrogen and oxygen atoms in total. The number of nitro benzene ring substituents is 1. The molecule has 0 saturated carbocycles. The second-order valence-corrected chi connectivity index (χ2v) is 8.15. The number of para-hydroxylation sites is 2. The fourth-order valence-corrected chi connectivity index (χ4v) is 4.63. The Morgan fingerprint density at radius 2 is 2.10 bits per heavy atom. The van der Waals surface area contributed by atoms with Crippen molar-refractivity contribution in [2.75, 3.05) is 6.54 Å². The van der Waals surface area contributed by atoms with Crippen LogP contribution in [0.5, 0.6) is 0 Å². The van der Waals surface area contributed by atoms with E-state index in [-0.39, 0.29) is 34.9 Å². The molecule has 0 atom stereocenters. The van der Waals surface area contributed by atoms with Crippen molar-refractivity contribution in [3.63, 3.8) is 0 Å². The Balaban J connectivity index is 1.45. The molecule has 31 heavy (non-hydrogen) atoms. The zero-order chi connectivity index (χ0) is 21.5. The molecule has 0 spiro atoms. The van der Waals surface area contributed by atoms with Crippen LogP contribution < -0.4 is 5.56 Å². The molecule has 1 amide bonds. The number of nitro groups is 1. The molecular formula is C20H16N6O4S. The fourth-order valence-electron chi connectivity index (χ4n) is 3.74. The summed E-state index contributed by atoms with van der Waals surface area (Å²) in [4.78, 5) is 43.9. The third kappa shape index (κ3) is 3.28. The van der Waals surface area contributed by atoms with Crippen LogP contribution in [-0.4, -0.2) is 41.6 Å². The Hall–Kier alpha value is -3.86. The van der Waals surface area contributed by atoms with Crippen molar-refractivity contribution in [1.29, 1.82) is 0 Å². The number of thiophene rings is 1. The summed E-state index contributed by atoms with van der Waals surface area (Å²) in [5.41, 5.74) is 0.992. The van der Waals surface area contributed by atoms with Crippen LogP contribution in [0.15, 0.2) is 53.0 Å². The van der Waals surface area contributed by atoms with Crippen LogP contribution in [0.4, 0.5) is 5.69 Å². The minimum atomic E-state index is -0.514. The normalized spacial score (nSPS) is 13.4. The minimum Gasteiger partial charge on any atom is -0.336 e. The first-order chi connectivity index (χ1) is 15.0. The predicted octanol–water partition coefficient (Wildman–Crippen LogP) is 2.14. The van der Waals surface area contributed by atoms with E-state index in [0.717, 1.165) is 12.0 Å². The SMILES string of the molecule is O=C(Cn1cnc2c(cnn2-c2ccccc2[N+](=O)[O-])c1=O)N1CCc2sccc2C1. The third-order valence-corrected chi connectivity index (χ3v) is 6.35. The monoisotopic (exact) mass is 436 g/mol. The maximum absolute atomic E-state index is 12.9. The van der Waals surface area contributed by atoms with E-state index in [1.54, 1.807) is 28.4 Å². The van der Waals surface area contributed by atoms with Crippen molar-refractivity contribution in [3.05, 3.63) is 79.1 Å². The average molecular weight is 436 g/mol. The van der Waals surface area contributed by atoms with E-state index >= 15 is 0 Å². The summed E-state index contributed by atoms with van der Waals surface area (Å²) in [6.45, 7) is 1.03. The summed E-state index contributed by atoms with van der Waals surface area (Å²) in [6, 6.07) is 8.12. The molecule has 0 unspecified atom stereocenters. The number of benzene rings is 1. The molecule has 0 N–H and O–H groups in total. The maximum Gasteiger partial charge on any atom is 0.294 e. The zero-order valence-electron chi connectivity index (χ0n) is 16.2. The number of carbonyl (C=O) groups is 1. The molecule has 0 radical (unpaired) electrons. The van der Waals surface area contributed by atoms with Crippen molar-refractivity contribution in [2.45, 2.75) is 19.5 Å². The van der Waals surface area contributed by atoms with Crippen LogP contribution in [0.2, 0.25) is 0 Å². The molecule has 1 aromatic carbocycles. The number of aromatic nitrogens is 4. The Morgan fingerprint density at radius 3 is 2.94 bits per heavy atom. The smallest absolute Gasteiger partial charge is 0.294 e. The molecule has 1 aliphatic rings. The second kappa shape index (κ2) is 7.43. The first kappa shape index (κ1) is 19.1. The van der Waals surface area contributed by atoms with Crippen LogP contribution in [0.25, 0.3) is 16.7 Å². The van der Waals surface area contributed by atoms with Crippen LogP contribution in [0.3, 0.4) is 0 Å². The third-order valence-electron chi connectivity index (χ3n) is 5.33. The largest absolute Gasteiger partial charge is 0.336 e. The molecular weight excluding hydrogens is 420 g/mol. The molecule has 4 heterocycles. The number of amides is 1. The number of nitrogens with zero attached hydrogens (tertiary/aromatic N) is 6. The summed E-state index contributed by atoms with van der Waals surface area (Å²) in [7, 11) is 0. The summed E-state index contributed by atoms with van der Waals surface area (Å²) >= 11 is 1.70. The lowest BCUT2D eigenvalue weighted by Gasteiger charge is -2.27. The second-order valence-electron chi connectivity index (χ2n) is 7.15. The number of rotatable bonds is 4. The van der Waals surface area contributed by atoms with E-state index in [0.29, 0.717) is 13.1 Å². The molecule has 3 aromatic heterocycles. The van der Waals surface area contributed by atoms with Gasteiger partial charge in [0.1, 0.15) is 23.9 Å². The predicted molar refractivity (Wildman–Crippen MR) is 113 cm³/mol. The average Bonchev–Trinajstić information content (AvgIpc) is 3.42. The lowest BCUT2D eigenvalue weighted by atomic mass is 10.1. The standard InChI is InChI=1S/C20H16N6O4S/c27-18(23-7-5-17-13(10-23)6-8-31-17)11-24-12-21-19-14(20(24)28)9-22-25(19)15-3-1-2-4-16(15)26(29)30/h1-4,6,8-9,12H,5,7,10-11H2. The van der Waals surface area contributed by atoms with Crippen molar-refractivity contribution < 1.29 is 9.72 Å². The van der Waals surface area contributed by atoms with Crippen LogP contribution in [0, 0.1) is 10.1 Å². The quantitative estimate of drug-likeness (QED) is 0.357. The molecule has 5 rings (SSSR count). The van der Waals surface area contributed by atoms with Gasteiger partial charge in [-0.25, -0.2) is 9.67 Å². The number of hydrogen-bond acceptors (Lipinski definition) is 7. The van der Waals surface area contributed by atoms with Crippen molar-refractivity contribution >= 4 is 34.0 Å². The molecule has 0 bridgehead atoms. The molecule has 0 fully saturated rings. The summed E-state index contributed by atoms with van der Waals surface area (Å²) in [5.74, 6) is -0.161. The summed E-state index contributed by atoms with van der Waals surface area (Å²) in [6.07, 6.45) is 3.42. The van der Waals surface area contributed by atoms with Crippen molar-refractivity contribution in [2.24, 2.45) is 0 Å². The first-order valence-electron chi connectivity index (χ1n) is 9.53. The van der Waals surface area contributed by atoms with E-state index < -0.39 is 10.5 Å². The van der Waals surface area contributed by atoms with E-state index in [1.165, 1.54) is 38.8 Å². The van der Waals surface area contributed by atoms with Gasteiger partial charge in [0.2, 0.25) is 5.91 Å². The summed E-state index contributed by atoms with van der Waals surface area (Å²) < 4.78 is 2.52. The van der Waals surface area contributed by atoms with E-state index in [4.69, 9.17) is 0 Å². The molecule has 0 aliphatic carbocycles. The van der Waals surface area contributed by atoms with Gasteiger partial charge in [0.15, 0.2) is 5.65 Å². The summed E-state index contributed by atoms with van der Waals surface area (Å²) in [5, 5.41) is 17.7. The highest BCUT2D eigenvalue weighted by Crippen LogP contribution is 2.25. The van der Waals surface area contributed by atoms with E-state index in [9.17, 15) is 19.7 Å². The van der Waals surface area contributed by atoms with Gasteiger partial charge in [-0.2, -0.15) is 5.10 Å². The highest BCUT2D eigenvalue weighted by molar-refractivity contribution is 7.10. The number of fused-ring (bicyclic) bond motifs is 2. The van der Waals surface area contributed by atoms with Crippen molar-refractivity contribution in [1.82, 2.24) is 24.2 Å². The maximum atomic E-state index is 12.9. The van der Waals surface area contributed by atoms with Gasteiger partial charge in [0.05, 0.1) is 11.1 Å². The molecule has 4 aromatic rings. The Kier molecular flexibility index (Phi) is 4.59. The Bertz CT molecular complexity index is 1390. The highest BCUT2D eigenvalue weighted by Gasteiger charge is 2.23. The van der Waals surface area contributed by atoms with Crippen LogP contribution in [0.1, 0.15) is 10.4 Å².